The summed E-state index contributed by atoms with van der Waals surface area (Å²) in [6.07, 6.45) is 8.81. The number of hydrogen-bond acceptors (Lipinski definition) is 0. The van der Waals surface area contributed by atoms with Gasteiger partial charge >= 0.3 is 0 Å². The van der Waals surface area contributed by atoms with Crippen LogP contribution in [0.2, 0.25) is 0 Å². The smallest absolute Gasteiger partial charge is 0 e. The van der Waals surface area contributed by atoms with Crippen LogP contribution in [0.1, 0.15) is 17.5 Å². The molecule has 2 rings (SSSR count). The largest absolute Gasteiger partial charge is 0.0804 e. The third-order valence-electron chi connectivity index (χ3n) is 2.40. The Labute approximate surface area is 97.6 Å². The second kappa shape index (κ2) is 5.24. The molecule has 0 N–H and O–H groups in total. The molecule has 0 amide bonds. The minimum atomic E-state index is 0. The van der Waals surface area contributed by atoms with Gasteiger partial charge in [0.1, 0.15) is 0 Å². The molecule has 0 saturated heterocycles. The first-order chi connectivity index (χ1) is 6.34. The molecule has 0 unspecified atom stereocenters. The van der Waals surface area contributed by atoms with E-state index in [1.165, 1.54) is 16.7 Å². The average molecular weight is 221 g/mol. The van der Waals surface area contributed by atoms with E-state index >= 15 is 0 Å². The Morgan fingerprint density at radius 3 is 2.43 bits per heavy atom. The summed E-state index contributed by atoms with van der Waals surface area (Å²) in [6.45, 7) is 2.13. The Morgan fingerprint density at radius 2 is 1.86 bits per heavy atom. The molecule has 0 aliphatic heterocycles. The summed E-state index contributed by atoms with van der Waals surface area (Å²) in [6, 6.07) is 8.79. The third-order valence-corrected chi connectivity index (χ3v) is 2.40. The average Bonchev–Trinajstić information content (AvgIpc) is 2.62. The van der Waals surface area contributed by atoms with E-state index in [0.29, 0.717) is 0 Å². The zero-order valence-electron chi connectivity index (χ0n) is 8.40. The Hall–Kier alpha value is -0.716. The van der Waals surface area contributed by atoms with Crippen LogP contribution in [-0.2, 0) is 25.0 Å². The summed E-state index contributed by atoms with van der Waals surface area (Å²) in [4.78, 5) is 0. The second-order valence-electron chi connectivity index (χ2n) is 3.62. The van der Waals surface area contributed by atoms with Crippen molar-refractivity contribution in [2.45, 2.75) is 19.8 Å². The van der Waals surface area contributed by atoms with Gasteiger partial charge in [0, 0.05) is 18.6 Å². The maximum absolute atomic E-state index is 2.22. The van der Waals surface area contributed by atoms with Crippen LogP contribution in [0.5, 0.6) is 0 Å². The van der Waals surface area contributed by atoms with Gasteiger partial charge in [-0.3, -0.25) is 0 Å². The number of hydrogen-bond donors (Lipinski definition) is 0. The Balaban J connectivity index is 0.000000980. The van der Waals surface area contributed by atoms with E-state index in [0.717, 1.165) is 12.8 Å². The summed E-state index contributed by atoms with van der Waals surface area (Å²) < 4.78 is 0. The maximum Gasteiger partial charge on any atom is 0 e. The fourth-order valence-electron chi connectivity index (χ4n) is 1.59. The zero-order chi connectivity index (χ0) is 9.10. The third kappa shape index (κ3) is 2.90. The molecule has 14 heavy (non-hydrogen) atoms. The van der Waals surface area contributed by atoms with Crippen molar-refractivity contribution >= 4 is 0 Å². The van der Waals surface area contributed by atoms with Gasteiger partial charge in [0.15, 0.2) is 0 Å². The molecule has 0 heterocycles. The van der Waals surface area contributed by atoms with E-state index in [1.54, 1.807) is 0 Å². The first-order valence-corrected chi connectivity index (χ1v) is 4.75. The zero-order valence-corrected chi connectivity index (χ0v) is 9.80. The molecule has 1 aromatic carbocycles. The van der Waals surface area contributed by atoms with Gasteiger partial charge in [-0.15, -0.1) is 0 Å². The van der Waals surface area contributed by atoms with E-state index in [1.807, 2.05) is 0 Å². The van der Waals surface area contributed by atoms with Crippen LogP contribution >= 0.6 is 0 Å². The van der Waals surface area contributed by atoms with Crippen LogP contribution in [0.15, 0.2) is 48.1 Å². The van der Waals surface area contributed by atoms with Crippen molar-refractivity contribution in [1.29, 1.82) is 0 Å². The number of benzene rings is 1. The van der Waals surface area contributed by atoms with Crippen LogP contribution in [0.4, 0.5) is 0 Å². The first kappa shape index (κ1) is 11.4. The van der Waals surface area contributed by atoms with Crippen molar-refractivity contribution < 1.29 is 18.6 Å². The summed E-state index contributed by atoms with van der Waals surface area (Å²) in [5.74, 6) is 0. The molecule has 1 aliphatic rings. The molecule has 1 aromatic rings. The molecular weight excluding hydrogens is 207 g/mol. The van der Waals surface area contributed by atoms with E-state index in [4.69, 9.17) is 0 Å². The predicted octanol–water partition coefficient (Wildman–Crippen LogP) is 3.42. The first-order valence-electron chi connectivity index (χ1n) is 4.75. The van der Waals surface area contributed by atoms with E-state index in [9.17, 15) is 0 Å². The molecule has 0 saturated carbocycles. The monoisotopic (exact) mass is 221 g/mol. The summed E-state index contributed by atoms with van der Waals surface area (Å²) in [5, 5.41) is 0. The van der Waals surface area contributed by atoms with Crippen molar-refractivity contribution in [1.82, 2.24) is 0 Å². The van der Waals surface area contributed by atoms with Gasteiger partial charge in [-0.2, -0.15) is 0 Å². The van der Waals surface area contributed by atoms with Gasteiger partial charge in [-0.25, -0.2) is 0 Å². The van der Waals surface area contributed by atoms with Crippen molar-refractivity contribution in [2.24, 2.45) is 0 Å². The molecule has 0 bridgehead atoms. The minimum absolute atomic E-state index is 0. The minimum Gasteiger partial charge on any atom is -0.0804 e. The molecule has 0 spiro atoms. The molecule has 0 atom stereocenters. The molecule has 1 radical (unpaired) electrons. The Morgan fingerprint density at radius 1 is 1.14 bits per heavy atom. The van der Waals surface area contributed by atoms with Gasteiger partial charge in [-0.1, -0.05) is 53.6 Å². The SMILES string of the molecule is Cc1ccc(CC2=CC=CC2)cc1.[V]. The van der Waals surface area contributed by atoms with Crippen molar-refractivity contribution in [3.8, 4) is 0 Å². The fraction of sp³-hybridized carbons (Fsp3) is 0.231. The molecule has 1 aliphatic carbocycles. The summed E-state index contributed by atoms with van der Waals surface area (Å²) >= 11 is 0. The van der Waals surface area contributed by atoms with E-state index in [2.05, 4.69) is 49.4 Å². The summed E-state index contributed by atoms with van der Waals surface area (Å²) in [5.41, 5.74) is 4.27. The van der Waals surface area contributed by atoms with Gasteiger partial charge in [0.05, 0.1) is 0 Å². The molecule has 0 nitrogen and oxygen atoms in total. The molecule has 0 aromatic heterocycles. The van der Waals surface area contributed by atoms with Crippen LogP contribution in [-0.4, -0.2) is 0 Å². The Bertz CT molecular complexity index is 344. The number of aryl methyl sites for hydroxylation is 1. The van der Waals surface area contributed by atoms with E-state index in [-0.39, 0.29) is 18.6 Å². The quantitative estimate of drug-likeness (QED) is 0.717. The second-order valence-corrected chi connectivity index (χ2v) is 3.62. The van der Waals surface area contributed by atoms with Crippen LogP contribution in [0.25, 0.3) is 0 Å². The van der Waals surface area contributed by atoms with Gasteiger partial charge in [0.2, 0.25) is 0 Å². The molecule has 1 heteroatoms. The van der Waals surface area contributed by atoms with E-state index < -0.39 is 0 Å². The van der Waals surface area contributed by atoms with Gasteiger partial charge in [0.25, 0.3) is 0 Å². The van der Waals surface area contributed by atoms with Gasteiger partial charge in [-0.05, 0) is 25.3 Å². The van der Waals surface area contributed by atoms with Crippen molar-refractivity contribution in [3.05, 3.63) is 59.2 Å². The Kier molecular flexibility index (Phi) is 4.25. The normalized spacial score (nSPS) is 13.6. The molecule has 71 valence electrons. The molecular formula is C13H14V. The molecule has 0 fully saturated rings. The van der Waals surface area contributed by atoms with Crippen LogP contribution in [0.3, 0.4) is 0 Å². The predicted molar refractivity (Wildman–Crippen MR) is 56.7 cm³/mol. The topological polar surface area (TPSA) is 0 Å². The standard InChI is InChI=1S/C13H14.V/c1-11-6-8-13(9-7-11)10-12-4-2-3-5-12;/h2-4,6-9H,5,10H2,1H3;. The van der Waals surface area contributed by atoms with Crippen molar-refractivity contribution in [2.75, 3.05) is 0 Å². The van der Waals surface area contributed by atoms with Crippen molar-refractivity contribution in [3.63, 3.8) is 0 Å². The number of rotatable bonds is 2. The number of allylic oxidation sites excluding steroid dienone is 4. The van der Waals surface area contributed by atoms with Crippen LogP contribution < -0.4 is 0 Å². The fourth-order valence-corrected chi connectivity index (χ4v) is 1.59. The maximum atomic E-state index is 2.22. The van der Waals surface area contributed by atoms with Gasteiger partial charge < -0.3 is 0 Å². The van der Waals surface area contributed by atoms with Crippen LogP contribution in [0, 0.1) is 6.92 Å². The summed E-state index contributed by atoms with van der Waals surface area (Å²) in [7, 11) is 0.